The average molecular weight is 273 g/mol. The van der Waals surface area contributed by atoms with E-state index in [0.29, 0.717) is 19.0 Å². The van der Waals surface area contributed by atoms with Crippen LogP contribution in [0.3, 0.4) is 0 Å². The van der Waals surface area contributed by atoms with E-state index >= 15 is 0 Å². The number of nitrogen functional groups attached to an aromatic ring is 1. The van der Waals surface area contributed by atoms with E-state index in [1.165, 1.54) is 24.0 Å². The molecule has 3 N–H and O–H groups in total. The van der Waals surface area contributed by atoms with E-state index in [1.54, 1.807) is 10.7 Å². The maximum atomic E-state index is 8.90. The second-order valence-electron chi connectivity index (χ2n) is 5.08. The summed E-state index contributed by atoms with van der Waals surface area (Å²) in [5, 5.41) is 13.2. The molecule has 0 fully saturated rings. The number of hydrogen-bond acceptors (Lipinski definition) is 4. The fourth-order valence-electron chi connectivity index (χ4n) is 2.63. The van der Waals surface area contributed by atoms with Crippen LogP contribution in [0.5, 0.6) is 5.75 Å². The molecule has 0 radical (unpaired) electrons. The normalized spacial score (nSPS) is 13.4. The van der Waals surface area contributed by atoms with Crippen molar-refractivity contribution in [2.75, 3.05) is 12.3 Å². The minimum Gasteiger partial charge on any atom is -0.487 e. The summed E-state index contributed by atoms with van der Waals surface area (Å²) in [6.07, 6.45) is 3.56. The second kappa shape index (κ2) is 5.54. The summed E-state index contributed by atoms with van der Waals surface area (Å²) in [7, 11) is 0. The number of aliphatic hydroxyl groups is 1. The van der Waals surface area contributed by atoms with E-state index in [-0.39, 0.29) is 6.61 Å². The molecule has 0 unspecified atom stereocenters. The molecule has 1 aromatic carbocycles. The van der Waals surface area contributed by atoms with E-state index in [0.717, 1.165) is 17.9 Å². The van der Waals surface area contributed by atoms with E-state index in [1.807, 2.05) is 6.07 Å². The van der Waals surface area contributed by atoms with Crippen LogP contribution in [0.15, 0.2) is 24.3 Å². The van der Waals surface area contributed by atoms with Gasteiger partial charge in [0, 0.05) is 6.07 Å². The standard InChI is InChI=1S/C15H19N3O2/c16-15-9-13(17-18(15)6-7-19)10-20-14-5-4-11-2-1-3-12(11)8-14/h4-5,8-9,19H,1-3,6-7,10,16H2. The number of aromatic nitrogens is 2. The van der Waals surface area contributed by atoms with Crippen LogP contribution < -0.4 is 10.5 Å². The third-order valence-electron chi connectivity index (χ3n) is 3.63. The topological polar surface area (TPSA) is 73.3 Å². The third-order valence-corrected chi connectivity index (χ3v) is 3.63. The molecule has 0 atom stereocenters. The van der Waals surface area contributed by atoms with Gasteiger partial charge in [-0.05, 0) is 42.5 Å². The van der Waals surface area contributed by atoms with Crippen molar-refractivity contribution < 1.29 is 9.84 Å². The van der Waals surface area contributed by atoms with Gasteiger partial charge in [0.15, 0.2) is 0 Å². The molecule has 1 aromatic heterocycles. The zero-order valence-corrected chi connectivity index (χ0v) is 11.4. The molecule has 5 nitrogen and oxygen atoms in total. The fraction of sp³-hybridized carbons (Fsp3) is 0.400. The summed E-state index contributed by atoms with van der Waals surface area (Å²) < 4.78 is 7.35. The van der Waals surface area contributed by atoms with E-state index in [9.17, 15) is 0 Å². The number of fused-ring (bicyclic) bond motifs is 1. The van der Waals surface area contributed by atoms with Gasteiger partial charge in [-0.3, -0.25) is 0 Å². The van der Waals surface area contributed by atoms with Gasteiger partial charge in [0.2, 0.25) is 0 Å². The highest BCUT2D eigenvalue weighted by Gasteiger charge is 2.11. The van der Waals surface area contributed by atoms with Crippen LogP contribution in [0.2, 0.25) is 0 Å². The van der Waals surface area contributed by atoms with Crippen molar-refractivity contribution in [2.45, 2.75) is 32.4 Å². The Labute approximate surface area is 118 Å². The highest BCUT2D eigenvalue weighted by Crippen LogP contribution is 2.26. The molecule has 1 aliphatic carbocycles. The Kier molecular flexibility index (Phi) is 3.60. The van der Waals surface area contributed by atoms with Gasteiger partial charge in [0.25, 0.3) is 0 Å². The molecule has 5 heteroatoms. The van der Waals surface area contributed by atoms with E-state index < -0.39 is 0 Å². The molecule has 0 aliphatic heterocycles. The summed E-state index contributed by atoms with van der Waals surface area (Å²) in [5.74, 6) is 1.42. The molecule has 0 saturated carbocycles. The highest BCUT2D eigenvalue weighted by atomic mass is 16.5. The van der Waals surface area contributed by atoms with Crippen LogP contribution in [0, 0.1) is 0 Å². The largest absolute Gasteiger partial charge is 0.487 e. The van der Waals surface area contributed by atoms with Crippen molar-refractivity contribution in [3.63, 3.8) is 0 Å². The van der Waals surface area contributed by atoms with Crippen LogP contribution in [-0.4, -0.2) is 21.5 Å². The van der Waals surface area contributed by atoms with Gasteiger partial charge in [0.05, 0.1) is 13.2 Å². The van der Waals surface area contributed by atoms with Crippen molar-refractivity contribution in [3.8, 4) is 5.75 Å². The van der Waals surface area contributed by atoms with E-state index in [2.05, 4.69) is 17.2 Å². The molecule has 106 valence electrons. The Morgan fingerprint density at radius 1 is 1.25 bits per heavy atom. The van der Waals surface area contributed by atoms with Gasteiger partial charge >= 0.3 is 0 Å². The van der Waals surface area contributed by atoms with Crippen molar-refractivity contribution >= 4 is 5.82 Å². The lowest BCUT2D eigenvalue weighted by molar-refractivity contribution is 0.267. The van der Waals surface area contributed by atoms with Gasteiger partial charge in [0.1, 0.15) is 23.9 Å². The zero-order valence-electron chi connectivity index (χ0n) is 11.4. The maximum Gasteiger partial charge on any atom is 0.132 e. The smallest absolute Gasteiger partial charge is 0.132 e. The Morgan fingerprint density at radius 3 is 2.95 bits per heavy atom. The number of benzene rings is 1. The number of ether oxygens (including phenoxy) is 1. The molecule has 20 heavy (non-hydrogen) atoms. The Bertz CT molecular complexity index is 607. The summed E-state index contributed by atoms with van der Waals surface area (Å²) >= 11 is 0. The summed E-state index contributed by atoms with van der Waals surface area (Å²) in [5.41, 5.74) is 9.41. The Hall–Kier alpha value is -2.01. The Balaban J connectivity index is 1.66. The van der Waals surface area contributed by atoms with Crippen LogP contribution in [0.1, 0.15) is 23.2 Å². The number of aliphatic hydroxyl groups excluding tert-OH is 1. The third kappa shape index (κ3) is 2.63. The molecule has 1 aliphatic rings. The van der Waals surface area contributed by atoms with Gasteiger partial charge in [-0.25, -0.2) is 4.68 Å². The SMILES string of the molecule is Nc1cc(COc2ccc3c(c2)CCC3)nn1CCO. The van der Waals surface area contributed by atoms with Crippen LogP contribution in [0.25, 0.3) is 0 Å². The lowest BCUT2D eigenvalue weighted by Gasteiger charge is -2.06. The van der Waals surface area contributed by atoms with Crippen LogP contribution in [0.4, 0.5) is 5.82 Å². The van der Waals surface area contributed by atoms with Gasteiger partial charge < -0.3 is 15.6 Å². The van der Waals surface area contributed by atoms with Crippen LogP contribution >= 0.6 is 0 Å². The molecule has 0 bridgehead atoms. The molecule has 3 rings (SSSR count). The number of aryl methyl sites for hydroxylation is 2. The molecule has 0 spiro atoms. The first-order valence-corrected chi connectivity index (χ1v) is 6.94. The zero-order chi connectivity index (χ0) is 13.9. The average Bonchev–Trinajstić information content (AvgIpc) is 3.03. The first-order valence-electron chi connectivity index (χ1n) is 6.94. The predicted molar refractivity (Wildman–Crippen MR) is 76.5 cm³/mol. The van der Waals surface area contributed by atoms with Crippen molar-refractivity contribution in [2.24, 2.45) is 0 Å². The fourth-order valence-corrected chi connectivity index (χ4v) is 2.63. The first-order chi connectivity index (χ1) is 9.76. The number of anilines is 1. The molecular weight excluding hydrogens is 254 g/mol. The van der Waals surface area contributed by atoms with Gasteiger partial charge in [-0.2, -0.15) is 5.10 Å². The van der Waals surface area contributed by atoms with Crippen molar-refractivity contribution in [1.82, 2.24) is 9.78 Å². The monoisotopic (exact) mass is 273 g/mol. The number of nitrogens with zero attached hydrogens (tertiary/aromatic N) is 2. The van der Waals surface area contributed by atoms with Crippen LogP contribution in [-0.2, 0) is 26.0 Å². The van der Waals surface area contributed by atoms with Crippen molar-refractivity contribution in [3.05, 3.63) is 41.1 Å². The lowest BCUT2D eigenvalue weighted by Crippen LogP contribution is -2.08. The van der Waals surface area contributed by atoms with E-state index in [4.69, 9.17) is 15.6 Å². The molecule has 1 heterocycles. The molecular formula is C15H19N3O2. The van der Waals surface area contributed by atoms with Gasteiger partial charge in [-0.15, -0.1) is 0 Å². The second-order valence-corrected chi connectivity index (χ2v) is 5.08. The molecule has 2 aromatic rings. The number of nitrogens with two attached hydrogens (primary N) is 1. The maximum absolute atomic E-state index is 8.90. The highest BCUT2D eigenvalue weighted by molar-refractivity contribution is 5.38. The number of rotatable bonds is 5. The minimum absolute atomic E-state index is 0.0248. The Morgan fingerprint density at radius 2 is 2.10 bits per heavy atom. The number of hydrogen-bond donors (Lipinski definition) is 2. The minimum atomic E-state index is 0.0248. The molecule has 0 saturated heterocycles. The van der Waals surface area contributed by atoms with Gasteiger partial charge in [-0.1, -0.05) is 6.07 Å². The van der Waals surface area contributed by atoms with Crippen molar-refractivity contribution in [1.29, 1.82) is 0 Å². The first kappa shape index (κ1) is 13.0. The summed E-state index contributed by atoms with van der Waals surface area (Å²) in [6.45, 7) is 0.823. The summed E-state index contributed by atoms with van der Waals surface area (Å²) in [6, 6.07) is 8.06. The predicted octanol–water partition coefficient (Wildman–Crippen LogP) is 1.53. The quantitative estimate of drug-likeness (QED) is 0.866. The molecule has 0 amide bonds. The summed E-state index contributed by atoms with van der Waals surface area (Å²) in [4.78, 5) is 0. The lowest BCUT2D eigenvalue weighted by atomic mass is 10.1.